The predicted molar refractivity (Wildman–Crippen MR) is 82.5 cm³/mol. The molecule has 9 heteroatoms. The average Bonchev–Trinajstić information content (AvgIpc) is 2.59. The van der Waals surface area contributed by atoms with Crippen LogP contribution in [0.5, 0.6) is 11.5 Å². The summed E-state index contributed by atoms with van der Waals surface area (Å²) < 4.78 is 10.5. The summed E-state index contributed by atoms with van der Waals surface area (Å²) in [5.74, 6) is 0.328. The van der Waals surface area contributed by atoms with Gasteiger partial charge in [-0.25, -0.2) is 0 Å². The third-order valence-electron chi connectivity index (χ3n) is 3.17. The molecule has 0 aromatic heterocycles. The number of rotatable bonds is 7. The van der Waals surface area contributed by atoms with Crippen molar-refractivity contribution < 1.29 is 24.1 Å². The highest BCUT2D eigenvalue weighted by atomic mass is 16.6. The van der Waals surface area contributed by atoms with E-state index in [4.69, 9.17) is 9.47 Å². The average molecular weight is 332 g/mol. The number of hydrogen-bond acceptors (Lipinski definition) is 7. The molecule has 24 heavy (non-hydrogen) atoms. The van der Waals surface area contributed by atoms with E-state index in [2.05, 4.69) is 0 Å². The van der Waals surface area contributed by atoms with Gasteiger partial charge in [-0.05, 0) is 24.3 Å². The molecule has 0 spiro atoms. The summed E-state index contributed by atoms with van der Waals surface area (Å²) in [5.41, 5.74) is -0.0216. The van der Waals surface area contributed by atoms with Crippen molar-refractivity contribution in [2.45, 2.75) is 6.61 Å². The summed E-state index contributed by atoms with van der Waals surface area (Å²) in [7, 11) is 1.44. The molecule has 0 N–H and O–H groups in total. The zero-order valence-corrected chi connectivity index (χ0v) is 12.5. The van der Waals surface area contributed by atoms with Crippen LogP contribution in [-0.4, -0.2) is 23.2 Å². The fourth-order valence-electron chi connectivity index (χ4n) is 2.02. The zero-order valence-electron chi connectivity index (χ0n) is 12.5. The smallest absolute Gasteiger partial charge is 0.317 e. The second kappa shape index (κ2) is 7.18. The summed E-state index contributed by atoms with van der Waals surface area (Å²) >= 11 is 0. The van der Waals surface area contributed by atoms with Gasteiger partial charge in [0.1, 0.15) is 18.6 Å². The number of methoxy groups -OCH3 is 1. The van der Waals surface area contributed by atoms with Crippen molar-refractivity contribution >= 4 is 17.7 Å². The molecule has 0 saturated carbocycles. The minimum absolute atomic E-state index is 0.108. The van der Waals surface area contributed by atoms with Crippen LogP contribution in [0.25, 0.3) is 0 Å². The second-order valence-corrected chi connectivity index (χ2v) is 4.64. The Kier molecular flexibility index (Phi) is 5.05. The van der Waals surface area contributed by atoms with Gasteiger partial charge in [-0.1, -0.05) is 0 Å². The van der Waals surface area contributed by atoms with E-state index in [0.29, 0.717) is 23.2 Å². The van der Waals surface area contributed by atoms with E-state index in [1.165, 1.54) is 13.2 Å². The molecule has 0 heterocycles. The van der Waals surface area contributed by atoms with E-state index in [1.807, 2.05) is 0 Å². The fraction of sp³-hybridized carbons (Fsp3) is 0.133. The van der Waals surface area contributed by atoms with Gasteiger partial charge in [0.2, 0.25) is 0 Å². The van der Waals surface area contributed by atoms with Gasteiger partial charge in [-0.3, -0.25) is 25.0 Å². The molecule has 0 fully saturated rings. The Bertz CT molecular complexity index is 804. The van der Waals surface area contributed by atoms with Gasteiger partial charge < -0.3 is 9.47 Å². The van der Waals surface area contributed by atoms with Crippen molar-refractivity contribution in [1.29, 1.82) is 0 Å². The molecule has 2 aromatic carbocycles. The Morgan fingerprint density at radius 1 is 1.04 bits per heavy atom. The SMILES string of the molecule is COc1ccc(C=O)cc1COc1ccc([N+](=O)[O-])cc1[N+](=O)[O-]. The number of carbonyl (C=O) groups is 1. The van der Waals surface area contributed by atoms with Gasteiger partial charge in [0.25, 0.3) is 5.69 Å². The lowest BCUT2D eigenvalue weighted by Gasteiger charge is -2.11. The molecule has 0 aliphatic carbocycles. The van der Waals surface area contributed by atoms with Gasteiger partial charge in [0, 0.05) is 17.2 Å². The summed E-state index contributed by atoms with van der Waals surface area (Å²) in [5, 5.41) is 21.8. The first-order valence-corrected chi connectivity index (χ1v) is 6.64. The first kappa shape index (κ1) is 16.9. The molecular formula is C15H12N2O7. The van der Waals surface area contributed by atoms with Crippen LogP contribution in [0.2, 0.25) is 0 Å². The van der Waals surface area contributed by atoms with Crippen molar-refractivity contribution in [3.05, 3.63) is 67.8 Å². The lowest BCUT2D eigenvalue weighted by Crippen LogP contribution is -2.02. The minimum Gasteiger partial charge on any atom is -0.496 e. The van der Waals surface area contributed by atoms with Crippen molar-refractivity contribution in [2.75, 3.05) is 7.11 Å². The summed E-state index contributed by atoms with van der Waals surface area (Å²) in [6.45, 7) is -0.108. The van der Waals surface area contributed by atoms with E-state index < -0.39 is 21.2 Å². The topological polar surface area (TPSA) is 122 Å². The number of non-ortho nitro benzene ring substituents is 1. The van der Waals surface area contributed by atoms with Crippen LogP contribution in [0.4, 0.5) is 11.4 Å². The molecule has 0 aliphatic rings. The van der Waals surface area contributed by atoms with Crippen molar-refractivity contribution in [3.63, 3.8) is 0 Å². The molecule has 0 saturated heterocycles. The Morgan fingerprint density at radius 2 is 1.75 bits per heavy atom. The first-order chi connectivity index (χ1) is 11.5. The number of nitro groups is 2. The van der Waals surface area contributed by atoms with E-state index >= 15 is 0 Å². The van der Waals surface area contributed by atoms with Crippen molar-refractivity contribution in [3.8, 4) is 11.5 Å². The Morgan fingerprint density at radius 3 is 2.33 bits per heavy atom. The Labute approximate surface area is 135 Å². The number of hydrogen-bond donors (Lipinski definition) is 0. The molecule has 0 aliphatic heterocycles. The largest absolute Gasteiger partial charge is 0.496 e. The lowest BCUT2D eigenvalue weighted by molar-refractivity contribution is -0.394. The maximum atomic E-state index is 11.1. The normalized spacial score (nSPS) is 10.0. The molecule has 0 radical (unpaired) electrons. The highest BCUT2D eigenvalue weighted by Gasteiger charge is 2.21. The third kappa shape index (κ3) is 3.64. The van der Waals surface area contributed by atoms with Crippen LogP contribution < -0.4 is 9.47 Å². The highest BCUT2D eigenvalue weighted by molar-refractivity contribution is 5.75. The first-order valence-electron chi connectivity index (χ1n) is 6.64. The molecule has 2 aromatic rings. The van der Waals surface area contributed by atoms with Crippen LogP contribution in [0.3, 0.4) is 0 Å². The van der Waals surface area contributed by atoms with E-state index in [9.17, 15) is 25.0 Å². The number of nitro benzene ring substituents is 2. The molecule has 124 valence electrons. The van der Waals surface area contributed by atoms with Gasteiger partial charge in [0.15, 0.2) is 5.75 Å². The maximum Gasteiger partial charge on any atom is 0.317 e. The molecule has 9 nitrogen and oxygen atoms in total. The Hall–Kier alpha value is -3.49. The molecule has 2 rings (SSSR count). The monoisotopic (exact) mass is 332 g/mol. The standard InChI is InChI=1S/C15H12N2O7/c1-23-14-4-2-10(8-18)6-11(14)9-24-15-5-3-12(16(19)20)7-13(15)17(21)22/h2-8H,9H2,1H3. The number of ether oxygens (including phenoxy) is 2. The molecular weight excluding hydrogens is 320 g/mol. The van der Waals surface area contributed by atoms with Crippen LogP contribution in [0.1, 0.15) is 15.9 Å². The van der Waals surface area contributed by atoms with Crippen molar-refractivity contribution in [2.24, 2.45) is 0 Å². The predicted octanol–water partition coefficient (Wildman–Crippen LogP) is 2.90. The van der Waals surface area contributed by atoms with Crippen LogP contribution in [0.15, 0.2) is 36.4 Å². The summed E-state index contributed by atoms with van der Waals surface area (Å²) in [4.78, 5) is 31.1. The van der Waals surface area contributed by atoms with E-state index in [0.717, 1.165) is 18.2 Å². The number of carbonyl (C=O) groups excluding carboxylic acids is 1. The third-order valence-corrected chi connectivity index (χ3v) is 3.17. The summed E-state index contributed by atoms with van der Waals surface area (Å²) in [6.07, 6.45) is 0.650. The van der Waals surface area contributed by atoms with E-state index in [1.54, 1.807) is 12.1 Å². The number of nitrogens with zero attached hydrogens (tertiary/aromatic N) is 2. The van der Waals surface area contributed by atoms with Crippen LogP contribution >= 0.6 is 0 Å². The molecule has 0 unspecified atom stereocenters. The lowest BCUT2D eigenvalue weighted by atomic mass is 10.1. The fourth-order valence-corrected chi connectivity index (χ4v) is 2.02. The van der Waals surface area contributed by atoms with Gasteiger partial charge >= 0.3 is 5.69 Å². The van der Waals surface area contributed by atoms with Crippen LogP contribution in [-0.2, 0) is 6.61 Å². The number of aldehydes is 1. The molecule has 0 amide bonds. The number of benzene rings is 2. The minimum atomic E-state index is -0.762. The second-order valence-electron chi connectivity index (χ2n) is 4.64. The molecule has 0 bridgehead atoms. The summed E-state index contributed by atoms with van der Waals surface area (Å²) in [6, 6.07) is 7.77. The van der Waals surface area contributed by atoms with Crippen molar-refractivity contribution in [1.82, 2.24) is 0 Å². The van der Waals surface area contributed by atoms with E-state index in [-0.39, 0.29) is 12.4 Å². The quantitative estimate of drug-likeness (QED) is 0.434. The van der Waals surface area contributed by atoms with Crippen LogP contribution in [0, 0.1) is 20.2 Å². The van der Waals surface area contributed by atoms with Gasteiger partial charge in [-0.2, -0.15) is 0 Å². The van der Waals surface area contributed by atoms with Gasteiger partial charge in [-0.15, -0.1) is 0 Å². The van der Waals surface area contributed by atoms with Gasteiger partial charge in [0.05, 0.1) is 23.0 Å². The highest BCUT2D eigenvalue weighted by Crippen LogP contribution is 2.32. The maximum absolute atomic E-state index is 11.1. The zero-order chi connectivity index (χ0) is 17.7. The Balaban J connectivity index is 2.30. The molecule has 0 atom stereocenters.